The number of likely N-dealkylation sites (tertiary alicyclic amines) is 1. The lowest BCUT2D eigenvalue weighted by molar-refractivity contribution is -0.151. The largest absolute Gasteiger partial charge is 0.493 e. The van der Waals surface area contributed by atoms with Crippen molar-refractivity contribution >= 4 is 11.9 Å². The summed E-state index contributed by atoms with van der Waals surface area (Å²) in [7, 11) is 0. The molecule has 1 amide bonds. The van der Waals surface area contributed by atoms with Crippen LogP contribution in [0.1, 0.15) is 17.0 Å². The van der Waals surface area contributed by atoms with Crippen LogP contribution in [0.4, 0.5) is 0 Å². The molecule has 0 aliphatic carbocycles. The SMILES string of the molecule is Cc1cc(CC(=O)N2C[C@@H]3COc4ccccc4C[C@]3(C(=O)O)C2)on1. The molecule has 0 saturated carbocycles. The van der Waals surface area contributed by atoms with Gasteiger partial charge in [0.15, 0.2) is 0 Å². The Labute approximate surface area is 150 Å². The molecule has 1 saturated heterocycles. The highest BCUT2D eigenvalue weighted by Gasteiger charge is 2.55. The molecule has 0 bridgehead atoms. The van der Waals surface area contributed by atoms with Crippen LogP contribution in [0.5, 0.6) is 5.75 Å². The van der Waals surface area contributed by atoms with E-state index in [0.29, 0.717) is 24.4 Å². The average molecular weight is 356 g/mol. The number of carbonyl (C=O) groups excluding carboxylic acids is 1. The van der Waals surface area contributed by atoms with Gasteiger partial charge in [0.2, 0.25) is 5.91 Å². The van der Waals surface area contributed by atoms with E-state index in [0.717, 1.165) is 11.3 Å². The second-order valence-electron chi connectivity index (χ2n) is 7.14. The minimum absolute atomic E-state index is 0.0840. The molecule has 2 aliphatic rings. The van der Waals surface area contributed by atoms with Gasteiger partial charge in [0.1, 0.15) is 11.5 Å². The molecule has 2 aromatic rings. The van der Waals surface area contributed by atoms with E-state index >= 15 is 0 Å². The van der Waals surface area contributed by atoms with E-state index < -0.39 is 11.4 Å². The summed E-state index contributed by atoms with van der Waals surface area (Å²) in [6.07, 6.45) is 0.440. The molecule has 1 aromatic carbocycles. The number of fused-ring (bicyclic) bond motifs is 2. The number of aryl methyl sites for hydroxylation is 1. The van der Waals surface area contributed by atoms with Gasteiger partial charge in [0.25, 0.3) is 0 Å². The number of ether oxygens (including phenoxy) is 1. The Balaban J connectivity index is 1.58. The van der Waals surface area contributed by atoms with Crippen LogP contribution in [0.2, 0.25) is 0 Å². The Hall–Kier alpha value is -2.83. The second-order valence-corrected chi connectivity index (χ2v) is 7.14. The molecule has 1 fully saturated rings. The number of hydrogen-bond acceptors (Lipinski definition) is 5. The van der Waals surface area contributed by atoms with Crippen molar-refractivity contribution in [3.05, 3.63) is 47.3 Å². The number of carbonyl (C=O) groups is 2. The average Bonchev–Trinajstić information content (AvgIpc) is 3.14. The zero-order chi connectivity index (χ0) is 18.3. The Bertz CT molecular complexity index is 861. The molecular formula is C19H20N2O5. The van der Waals surface area contributed by atoms with Gasteiger partial charge in [0.05, 0.1) is 24.1 Å². The predicted octanol–water partition coefficient (Wildman–Crippen LogP) is 1.69. The van der Waals surface area contributed by atoms with Crippen LogP contribution >= 0.6 is 0 Å². The monoisotopic (exact) mass is 356 g/mol. The van der Waals surface area contributed by atoms with E-state index in [1.165, 1.54) is 0 Å². The van der Waals surface area contributed by atoms with Gasteiger partial charge >= 0.3 is 5.97 Å². The zero-order valence-corrected chi connectivity index (χ0v) is 14.5. The molecule has 3 heterocycles. The van der Waals surface area contributed by atoms with Gasteiger partial charge < -0.3 is 19.3 Å². The fourth-order valence-corrected chi connectivity index (χ4v) is 3.98. The van der Waals surface area contributed by atoms with E-state index in [1.54, 1.807) is 17.9 Å². The third kappa shape index (κ3) is 2.73. The highest BCUT2D eigenvalue weighted by molar-refractivity contribution is 5.82. The number of rotatable bonds is 3. The maximum Gasteiger partial charge on any atom is 0.312 e. The first-order valence-corrected chi connectivity index (χ1v) is 8.62. The van der Waals surface area contributed by atoms with Crippen molar-refractivity contribution in [2.75, 3.05) is 19.7 Å². The molecule has 7 heteroatoms. The van der Waals surface area contributed by atoms with Crippen molar-refractivity contribution in [3.63, 3.8) is 0 Å². The predicted molar refractivity (Wildman–Crippen MR) is 90.7 cm³/mol. The molecule has 136 valence electrons. The summed E-state index contributed by atoms with van der Waals surface area (Å²) in [5.74, 6) is -0.0624. The highest BCUT2D eigenvalue weighted by Crippen LogP contribution is 2.44. The Morgan fingerprint density at radius 2 is 2.19 bits per heavy atom. The van der Waals surface area contributed by atoms with Gasteiger partial charge in [-0.05, 0) is 25.0 Å². The van der Waals surface area contributed by atoms with Gasteiger partial charge in [-0.2, -0.15) is 0 Å². The number of nitrogens with zero attached hydrogens (tertiary/aromatic N) is 2. The van der Waals surface area contributed by atoms with Crippen LogP contribution < -0.4 is 4.74 Å². The van der Waals surface area contributed by atoms with Crippen molar-refractivity contribution in [1.29, 1.82) is 0 Å². The van der Waals surface area contributed by atoms with Gasteiger partial charge in [-0.25, -0.2) is 0 Å². The van der Waals surface area contributed by atoms with Gasteiger partial charge in [-0.1, -0.05) is 23.4 Å². The minimum Gasteiger partial charge on any atom is -0.493 e. The third-order valence-corrected chi connectivity index (χ3v) is 5.39. The lowest BCUT2D eigenvalue weighted by Gasteiger charge is -2.27. The number of carboxylic acids is 1. The van der Waals surface area contributed by atoms with Crippen molar-refractivity contribution in [3.8, 4) is 5.75 Å². The number of para-hydroxylation sites is 1. The van der Waals surface area contributed by atoms with Gasteiger partial charge in [-0.3, -0.25) is 9.59 Å². The smallest absolute Gasteiger partial charge is 0.312 e. The topological polar surface area (TPSA) is 92.9 Å². The molecule has 4 rings (SSSR count). The maximum atomic E-state index is 12.7. The molecule has 1 N–H and O–H groups in total. The standard InChI is InChI=1S/C19H20N2O5/c1-12-6-15(26-20-12)7-17(22)21-9-14-10-25-16-5-3-2-4-13(16)8-19(14,11-21)18(23)24/h2-6,14H,7-11H2,1H3,(H,23,24)/t14-,19+/m1/s1. The third-order valence-electron chi connectivity index (χ3n) is 5.39. The van der Waals surface area contributed by atoms with E-state index in [4.69, 9.17) is 9.26 Å². The normalized spacial score (nSPS) is 24.3. The number of benzene rings is 1. The molecule has 2 aliphatic heterocycles. The Morgan fingerprint density at radius 3 is 2.92 bits per heavy atom. The van der Waals surface area contributed by atoms with E-state index in [1.807, 2.05) is 24.3 Å². The number of aromatic nitrogens is 1. The Morgan fingerprint density at radius 1 is 1.38 bits per heavy atom. The van der Waals surface area contributed by atoms with Crippen molar-refractivity contribution in [2.24, 2.45) is 11.3 Å². The van der Waals surface area contributed by atoms with Crippen LogP contribution in [0.3, 0.4) is 0 Å². The maximum absolute atomic E-state index is 12.7. The van der Waals surface area contributed by atoms with Crippen LogP contribution in [0.15, 0.2) is 34.9 Å². The van der Waals surface area contributed by atoms with Crippen molar-refractivity contribution in [2.45, 2.75) is 19.8 Å². The highest BCUT2D eigenvalue weighted by atomic mass is 16.5. The molecular weight excluding hydrogens is 336 g/mol. The summed E-state index contributed by atoms with van der Waals surface area (Å²) in [6, 6.07) is 9.23. The van der Waals surface area contributed by atoms with E-state index in [9.17, 15) is 14.7 Å². The van der Waals surface area contributed by atoms with Gasteiger partial charge in [-0.15, -0.1) is 0 Å². The van der Waals surface area contributed by atoms with Crippen LogP contribution in [0, 0.1) is 18.3 Å². The van der Waals surface area contributed by atoms with Crippen LogP contribution in [-0.4, -0.2) is 46.7 Å². The first-order chi connectivity index (χ1) is 12.5. The summed E-state index contributed by atoms with van der Waals surface area (Å²) in [5, 5.41) is 13.8. The minimum atomic E-state index is -1.03. The van der Waals surface area contributed by atoms with E-state index in [-0.39, 0.29) is 31.4 Å². The molecule has 0 radical (unpaired) electrons. The van der Waals surface area contributed by atoms with Gasteiger partial charge in [0, 0.05) is 25.1 Å². The molecule has 2 atom stereocenters. The van der Waals surface area contributed by atoms with E-state index in [2.05, 4.69) is 5.16 Å². The quantitative estimate of drug-likeness (QED) is 0.900. The fourth-order valence-electron chi connectivity index (χ4n) is 3.98. The molecule has 0 unspecified atom stereocenters. The molecule has 7 nitrogen and oxygen atoms in total. The summed E-state index contributed by atoms with van der Waals surface area (Å²) in [5.41, 5.74) is 0.559. The first-order valence-electron chi connectivity index (χ1n) is 8.62. The number of carboxylic acid groups (broad SMARTS) is 1. The molecule has 1 aromatic heterocycles. The molecule has 0 spiro atoms. The second kappa shape index (κ2) is 6.16. The summed E-state index contributed by atoms with van der Waals surface area (Å²) >= 11 is 0. The zero-order valence-electron chi connectivity index (χ0n) is 14.5. The summed E-state index contributed by atoms with van der Waals surface area (Å²) < 4.78 is 11.0. The number of hydrogen-bond donors (Lipinski definition) is 1. The van der Waals surface area contributed by atoms with Crippen molar-refractivity contribution in [1.82, 2.24) is 10.1 Å². The fraction of sp³-hybridized carbons (Fsp3) is 0.421. The summed E-state index contributed by atoms with van der Waals surface area (Å²) in [4.78, 5) is 26.5. The lowest BCUT2D eigenvalue weighted by Crippen LogP contribution is -2.42. The number of aliphatic carboxylic acids is 1. The van der Waals surface area contributed by atoms with Crippen molar-refractivity contribution < 1.29 is 24.0 Å². The Kier molecular flexibility index (Phi) is 3.94. The summed E-state index contributed by atoms with van der Waals surface area (Å²) in [6.45, 7) is 2.62. The van der Waals surface area contributed by atoms with Crippen LogP contribution in [0.25, 0.3) is 0 Å². The number of amides is 1. The first kappa shape index (κ1) is 16.6. The van der Waals surface area contributed by atoms with Crippen LogP contribution in [-0.2, 0) is 22.4 Å². The molecule has 26 heavy (non-hydrogen) atoms. The lowest BCUT2D eigenvalue weighted by atomic mass is 9.74.